The minimum atomic E-state index is -0.719. The molecule has 1 aromatic rings. The van der Waals surface area contributed by atoms with Crippen molar-refractivity contribution >= 4 is 29.2 Å². The molecule has 21 heavy (non-hydrogen) atoms. The Hall–Kier alpha value is -0.770. The van der Waals surface area contributed by atoms with Crippen molar-refractivity contribution < 1.29 is 9.90 Å². The summed E-state index contributed by atoms with van der Waals surface area (Å²) < 4.78 is 0. The third-order valence-corrected chi connectivity index (χ3v) is 5.95. The fourth-order valence-electron chi connectivity index (χ4n) is 4.18. The van der Waals surface area contributed by atoms with E-state index in [9.17, 15) is 9.90 Å². The van der Waals surface area contributed by atoms with Crippen LogP contribution in [-0.4, -0.2) is 35.1 Å². The molecule has 1 N–H and O–H groups in total. The van der Waals surface area contributed by atoms with E-state index in [-0.39, 0.29) is 18.3 Å². The largest absolute Gasteiger partial charge is 0.481 e. The average Bonchev–Trinajstić information content (AvgIpc) is 2.67. The van der Waals surface area contributed by atoms with E-state index in [1.54, 1.807) is 0 Å². The van der Waals surface area contributed by atoms with Crippen LogP contribution < -0.4 is 0 Å². The average molecular weight is 328 g/mol. The van der Waals surface area contributed by atoms with Crippen LogP contribution in [0, 0.1) is 5.92 Å². The summed E-state index contributed by atoms with van der Waals surface area (Å²) in [6, 6.07) is 6.64. The van der Waals surface area contributed by atoms with E-state index in [1.807, 2.05) is 18.2 Å². The number of carboxylic acid groups (broad SMARTS) is 1. The van der Waals surface area contributed by atoms with Crippen LogP contribution in [0.4, 0.5) is 0 Å². The van der Waals surface area contributed by atoms with E-state index in [0.717, 1.165) is 24.8 Å². The second-order valence-electron chi connectivity index (χ2n) is 6.24. The van der Waals surface area contributed by atoms with E-state index in [4.69, 9.17) is 23.2 Å². The molecule has 0 radical (unpaired) electrons. The van der Waals surface area contributed by atoms with Gasteiger partial charge in [0.2, 0.25) is 0 Å². The van der Waals surface area contributed by atoms with Crippen LogP contribution in [-0.2, 0) is 4.79 Å². The highest BCUT2D eigenvalue weighted by molar-refractivity contribution is 6.42. The quantitative estimate of drug-likeness (QED) is 0.910. The zero-order valence-corrected chi connectivity index (χ0v) is 13.4. The molecule has 0 spiro atoms. The maximum atomic E-state index is 11.3. The number of carboxylic acids is 1. The Labute approximate surface area is 134 Å². The van der Waals surface area contributed by atoms with Crippen LogP contribution in [0.5, 0.6) is 0 Å². The Morgan fingerprint density at radius 1 is 1.33 bits per heavy atom. The Kier molecular flexibility index (Phi) is 4.17. The molecule has 0 saturated carbocycles. The lowest BCUT2D eigenvalue weighted by Crippen LogP contribution is -2.46. The summed E-state index contributed by atoms with van der Waals surface area (Å²) in [6.45, 7) is 0. The second-order valence-corrected chi connectivity index (χ2v) is 7.06. The summed E-state index contributed by atoms with van der Waals surface area (Å²) in [5.74, 6) is -0.322. The van der Waals surface area contributed by atoms with Gasteiger partial charge in [0.15, 0.2) is 0 Å². The lowest BCUT2D eigenvalue weighted by atomic mass is 9.74. The topological polar surface area (TPSA) is 40.5 Å². The fraction of sp³-hybridized carbons (Fsp3) is 0.562. The summed E-state index contributed by atoms with van der Waals surface area (Å²) in [4.78, 5) is 13.7. The van der Waals surface area contributed by atoms with Gasteiger partial charge in [-0.3, -0.25) is 4.79 Å². The molecule has 0 amide bonds. The normalized spacial score (nSPS) is 32.3. The number of nitrogens with zero attached hydrogens (tertiary/aromatic N) is 1. The molecule has 2 unspecified atom stereocenters. The first-order chi connectivity index (χ1) is 9.97. The van der Waals surface area contributed by atoms with Crippen LogP contribution in [0.2, 0.25) is 10.0 Å². The predicted molar refractivity (Wildman–Crippen MR) is 84.1 cm³/mol. The molecule has 114 valence electrons. The zero-order valence-electron chi connectivity index (χ0n) is 11.9. The Bertz CT molecular complexity index is 563. The number of carbonyl (C=O) groups is 1. The standard InChI is InChI=1S/C16H19Cl2NO2/c1-19-10-3-5-15(19)12(8-16(20)21)11(7-10)9-2-4-13(17)14(18)6-9/h2,4,6,10-12,15H,3,5,7-8H2,1H3,(H,20,21)/t10?,11-,12-,15?/m1/s1. The van der Waals surface area contributed by atoms with Crippen molar-refractivity contribution in [2.45, 2.75) is 43.7 Å². The van der Waals surface area contributed by atoms with Gasteiger partial charge in [0, 0.05) is 12.1 Å². The first-order valence-corrected chi connectivity index (χ1v) is 8.11. The minimum absolute atomic E-state index is 0.142. The summed E-state index contributed by atoms with van der Waals surface area (Å²) in [7, 11) is 2.13. The molecule has 3 nitrogen and oxygen atoms in total. The molecule has 1 aromatic carbocycles. The number of hydrogen-bond donors (Lipinski definition) is 1. The highest BCUT2D eigenvalue weighted by atomic mass is 35.5. The van der Waals surface area contributed by atoms with E-state index in [2.05, 4.69) is 11.9 Å². The van der Waals surface area contributed by atoms with Gasteiger partial charge in [-0.25, -0.2) is 0 Å². The highest BCUT2D eigenvalue weighted by Gasteiger charge is 2.46. The number of benzene rings is 1. The lowest BCUT2D eigenvalue weighted by Gasteiger charge is -2.43. The van der Waals surface area contributed by atoms with E-state index in [0.29, 0.717) is 22.1 Å². The fourth-order valence-corrected chi connectivity index (χ4v) is 4.49. The van der Waals surface area contributed by atoms with E-state index >= 15 is 0 Å². The van der Waals surface area contributed by atoms with Crippen molar-refractivity contribution in [3.05, 3.63) is 33.8 Å². The summed E-state index contributed by atoms with van der Waals surface area (Å²) in [6.07, 6.45) is 3.47. The Balaban J connectivity index is 1.94. The first kappa shape index (κ1) is 15.1. The van der Waals surface area contributed by atoms with Crippen LogP contribution in [0.3, 0.4) is 0 Å². The molecule has 2 fully saturated rings. The molecule has 2 aliphatic heterocycles. The van der Waals surface area contributed by atoms with Crippen molar-refractivity contribution in [2.24, 2.45) is 5.92 Å². The van der Waals surface area contributed by atoms with Crippen molar-refractivity contribution in [2.75, 3.05) is 7.05 Å². The van der Waals surface area contributed by atoms with Gasteiger partial charge < -0.3 is 10.0 Å². The monoisotopic (exact) mass is 327 g/mol. The van der Waals surface area contributed by atoms with Crippen molar-refractivity contribution in [3.8, 4) is 0 Å². The molecule has 2 heterocycles. The SMILES string of the molecule is CN1C2CCC1[C@H](CC(=O)O)[C@@H](c1ccc(Cl)c(Cl)c1)C2. The van der Waals surface area contributed by atoms with Crippen LogP contribution >= 0.6 is 23.2 Å². The molecule has 0 aliphatic carbocycles. The summed E-state index contributed by atoms with van der Waals surface area (Å²) in [5, 5.41) is 10.4. The maximum absolute atomic E-state index is 11.3. The summed E-state index contributed by atoms with van der Waals surface area (Å²) in [5.41, 5.74) is 1.13. The highest BCUT2D eigenvalue weighted by Crippen LogP contribution is 2.48. The van der Waals surface area contributed by atoms with Gasteiger partial charge in [-0.2, -0.15) is 0 Å². The van der Waals surface area contributed by atoms with Gasteiger partial charge in [0.05, 0.1) is 16.5 Å². The van der Waals surface area contributed by atoms with Gasteiger partial charge in [-0.15, -0.1) is 0 Å². The molecular weight excluding hydrogens is 309 g/mol. The van der Waals surface area contributed by atoms with Gasteiger partial charge in [0.25, 0.3) is 0 Å². The molecular formula is C16H19Cl2NO2. The first-order valence-electron chi connectivity index (χ1n) is 7.36. The zero-order chi connectivity index (χ0) is 15.1. The van der Waals surface area contributed by atoms with Gasteiger partial charge in [-0.1, -0.05) is 29.3 Å². The van der Waals surface area contributed by atoms with Crippen LogP contribution in [0.1, 0.15) is 37.2 Å². The number of halogens is 2. The molecule has 2 aliphatic rings. The van der Waals surface area contributed by atoms with E-state index < -0.39 is 5.97 Å². The van der Waals surface area contributed by atoms with Crippen LogP contribution in [0.25, 0.3) is 0 Å². The molecule has 0 aromatic heterocycles. The number of piperidine rings is 1. The van der Waals surface area contributed by atoms with E-state index in [1.165, 1.54) is 0 Å². The minimum Gasteiger partial charge on any atom is -0.481 e. The molecule has 2 saturated heterocycles. The van der Waals surface area contributed by atoms with Gasteiger partial charge in [0.1, 0.15) is 0 Å². The third-order valence-electron chi connectivity index (χ3n) is 5.21. The van der Waals surface area contributed by atoms with Gasteiger partial charge >= 0.3 is 5.97 Å². The number of aliphatic carboxylic acids is 1. The second kappa shape index (κ2) is 5.79. The smallest absolute Gasteiger partial charge is 0.303 e. The number of rotatable bonds is 3. The van der Waals surface area contributed by atoms with Gasteiger partial charge in [-0.05, 0) is 55.8 Å². The van der Waals surface area contributed by atoms with Crippen molar-refractivity contribution in [1.82, 2.24) is 4.90 Å². The molecule has 5 heteroatoms. The Morgan fingerprint density at radius 3 is 2.76 bits per heavy atom. The maximum Gasteiger partial charge on any atom is 0.303 e. The molecule has 4 atom stereocenters. The third kappa shape index (κ3) is 2.79. The number of hydrogen-bond acceptors (Lipinski definition) is 2. The van der Waals surface area contributed by atoms with Crippen molar-refractivity contribution in [3.63, 3.8) is 0 Å². The molecule has 2 bridgehead atoms. The van der Waals surface area contributed by atoms with Crippen molar-refractivity contribution in [1.29, 1.82) is 0 Å². The Morgan fingerprint density at radius 2 is 2.10 bits per heavy atom. The molecule has 3 rings (SSSR count). The lowest BCUT2D eigenvalue weighted by molar-refractivity contribution is -0.139. The predicted octanol–water partition coefficient (Wildman–Crippen LogP) is 4.03. The number of fused-ring (bicyclic) bond motifs is 2. The van der Waals surface area contributed by atoms with Crippen LogP contribution in [0.15, 0.2) is 18.2 Å². The summed E-state index contributed by atoms with van der Waals surface area (Å²) >= 11 is 12.1.